The lowest BCUT2D eigenvalue weighted by atomic mass is 9.94. The molecule has 2 N–H and O–H groups in total. The zero-order chi connectivity index (χ0) is 38.3. The van der Waals surface area contributed by atoms with E-state index in [1.165, 1.54) is 108 Å². The van der Waals surface area contributed by atoms with Crippen molar-refractivity contribution in [3.63, 3.8) is 0 Å². The number of hydrogen-bond acceptors (Lipinski definition) is 8. The molecule has 0 aromatic rings. The molecule has 6 atom stereocenters. The van der Waals surface area contributed by atoms with Crippen molar-refractivity contribution in [3.8, 4) is 0 Å². The Morgan fingerprint density at radius 2 is 1.33 bits per heavy atom. The van der Waals surface area contributed by atoms with Gasteiger partial charge in [0.05, 0.1) is 19.3 Å². The van der Waals surface area contributed by atoms with E-state index in [4.69, 9.17) is 23.0 Å². The average molecular weight is 756 g/mol. The highest BCUT2D eigenvalue weighted by Crippen LogP contribution is 2.52. The fourth-order valence-electron chi connectivity index (χ4n) is 6.52. The summed E-state index contributed by atoms with van der Waals surface area (Å²) in [7, 11) is -4.11. The minimum atomic E-state index is -4.11. The molecule has 1 fully saturated rings. The first-order valence-electron chi connectivity index (χ1n) is 20.9. The maximum Gasteiger partial charge on any atom is 0.475 e. The van der Waals surface area contributed by atoms with E-state index in [0.29, 0.717) is 25.4 Å². The smallest absolute Gasteiger partial charge is 0.373 e. The highest BCUT2D eigenvalue weighted by atomic mass is 31.2. The maximum atomic E-state index is 13.7. The Morgan fingerprint density at radius 1 is 0.788 bits per heavy atom. The molecule has 0 aromatic carbocycles. The van der Waals surface area contributed by atoms with Gasteiger partial charge in [-0.3, -0.25) is 18.4 Å². The van der Waals surface area contributed by atoms with E-state index in [0.717, 1.165) is 32.1 Å². The highest BCUT2D eigenvalue weighted by Gasteiger charge is 2.50. The van der Waals surface area contributed by atoms with Crippen LogP contribution in [0.15, 0.2) is 37.5 Å². The molecule has 0 aliphatic carbocycles. The molecule has 10 heteroatoms. The Kier molecular flexibility index (Phi) is 29.9. The highest BCUT2D eigenvalue weighted by molar-refractivity contribution is 7.48. The molecule has 1 heterocycles. The number of amides is 1. The van der Waals surface area contributed by atoms with E-state index in [1.54, 1.807) is 0 Å². The molecule has 9 nitrogen and oxygen atoms in total. The summed E-state index contributed by atoms with van der Waals surface area (Å²) in [6.45, 7) is 16.1. The summed E-state index contributed by atoms with van der Waals surface area (Å²) in [5.41, 5.74) is 0. The number of allylic oxidation sites excluding steroid dienone is 2. The zero-order valence-corrected chi connectivity index (χ0v) is 34.5. The Labute approximate surface area is 318 Å². The second kappa shape index (κ2) is 32.0. The Bertz CT molecular complexity index is 962. The van der Waals surface area contributed by atoms with Crippen LogP contribution in [-0.2, 0) is 32.4 Å². The van der Waals surface area contributed by atoms with E-state index in [9.17, 15) is 14.5 Å². The number of rotatable bonds is 35. The number of hydrogen-bond donors (Lipinski definition) is 2. The second-order valence-electron chi connectivity index (χ2n) is 14.5. The van der Waals surface area contributed by atoms with E-state index >= 15 is 0 Å². The third-order valence-electron chi connectivity index (χ3n) is 9.73. The van der Waals surface area contributed by atoms with Crippen molar-refractivity contribution >= 4 is 13.7 Å². The third kappa shape index (κ3) is 22.8. The summed E-state index contributed by atoms with van der Waals surface area (Å²) in [5.74, 6) is 0.256. The second-order valence-corrected chi connectivity index (χ2v) is 16.1. The van der Waals surface area contributed by atoms with Crippen molar-refractivity contribution < 1.29 is 37.5 Å². The molecule has 0 bridgehead atoms. The number of aliphatic hydroxyl groups is 1. The number of unbranched alkanes of at least 4 members (excludes halogenated alkanes) is 15. The largest absolute Gasteiger partial charge is 0.475 e. The molecule has 1 saturated heterocycles. The van der Waals surface area contributed by atoms with Crippen molar-refractivity contribution in [2.45, 2.75) is 200 Å². The first-order valence-corrected chi connectivity index (χ1v) is 22.4. The monoisotopic (exact) mass is 756 g/mol. The molecule has 2 unspecified atom stereocenters. The molecule has 1 aliphatic rings. The quantitative estimate of drug-likeness (QED) is 0.0373. The predicted molar refractivity (Wildman–Crippen MR) is 214 cm³/mol. The van der Waals surface area contributed by atoms with Gasteiger partial charge in [0, 0.05) is 13.0 Å². The van der Waals surface area contributed by atoms with Crippen LogP contribution in [0.3, 0.4) is 0 Å². The van der Waals surface area contributed by atoms with Crippen LogP contribution in [0.25, 0.3) is 0 Å². The van der Waals surface area contributed by atoms with E-state index < -0.39 is 38.5 Å². The number of ether oxygens (including phenoxy) is 2. The fourth-order valence-corrected chi connectivity index (χ4v) is 7.85. The molecule has 0 radical (unpaired) electrons. The van der Waals surface area contributed by atoms with Gasteiger partial charge in [0.25, 0.3) is 0 Å². The van der Waals surface area contributed by atoms with Crippen LogP contribution >= 0.6 is 7.82 Å². The minimum Gasteiger partial charge on any atom is -0.373 e. The van der Waals surface area contributed by atoms with Gasteiger partial charge in [-0.2, -0.15) is 0 Å². The lowest BCUT2D eigenvalue weighted by Gasteiger charge is -2.45. The van der Waals surface area contributed by atoms with E-state index in [-0.39, 0.29) is 19.1 Å². The molecule has 1 rings (SSSR count). The summed E-state index contributed by atoms with van der Waals surface area (Å²) in [4.78, 5) is 13.2. The van der Waals surface area contributed by atoms with Gasteiger partial charge >= 0.3 is 7.82 Å². The van der Waals surface area contributed by atoms with Crippen LogP contribution < -0.4 is 5.32 Å². The summed E-state index contributed by atoms with van der Waals surface area (Å²) < 4.78 is 43.3. The molecule has 0 spiro atoms. The lowest BCUT2D eigenvalue weighted by molar-refractivity contribution is -0.254. The summed E-state index contributed by atoms with van der Waals surface area (Å²) in [6.07, 6.45) is 28.0. The van der Waals surface area contributed by atoms with Gasteiger partial charge in [0.1, 0.15) is 18.2 Å². The number of nitrogens with one attached hydrogen (secondary N) is 1. The van der Waals surface area contributed by atoms with Crippen molar-refractivity contribution in [2.75, 3.05) is 19.8 Å². The fraction of sp³-hybridized carbons (Fsp3) is 0.833. The molecular formula is C42H78NO8P. The molecular weight excluding hydrogens is 677 g/mol. The van der Waals surface area contributed by atoms with Crippen LogP contribution in [0.2, 0.25) is 0 Å². The lowest BCUT2D eigenvalue weighted by Crippen LogP contribution is -2.64. The van der Waals surface area contributed by atoms with Gasteiger partial charge in [-0.15, -0.1) is 13.2 Å². The average Bonchev–Trinajstić information content (AvgIpc) is 3.13. The van der Waals surface area contributed by atoms with Gasteiger partial charge in [0.2, 0.25) is 5.91 Å². The molecule has 1 aliphatic heterocycles. The maximum absolute atomic E-state index is 13.7. The van der Waals surface area contributed by atoms with E-state index in [1.807, 2.05) is 6.92 Å². The first-order chi connectivity index (χ1) is 25.2. The molecule has 1 amide bonds. The minimum absolute atomic E-state index is 0.0561. The van der Waals surface area contributed by atoms with Crippen LogP contribution in [0.4, 0.5) is 0 Å². The Balaban J connectivity index is 2.76. The van der Waals surface area contributed by atoms with E-state index in [2.05, 4.69) is 51.4 Å². The Morgan fingerprint density at radius 3 is 1.90 bits per heavy atom. The third-order valence-corrected chi connectivity index (χ3v) is 11.2. The predicted octanol–water partition coefficient (Wildman–Crippen LogP) is 11.3. The van der Waals surface area contributed by atoms with Gasteiger partial charge in [-0.25, -0.2) is 4.57 Å². The van der Waals surface area contributed by atoms with Crippen LogP contribution in [0, 0.1) is 5.92 Å². The normalized spacial score (nSPS) is 21.4. The number of phosphoric ester groups is 1. The number of carbonyl (C=O) groups excluding carboxylic acids is 1. The van der Waals surface area contributed by atoms with Gasteiger partial charge in [-0.05, 0) is 50.9 Å². The van der Waals surface area contributed by atoms with Crippen molar-refractivity contribution in [2.24, 2.45) is 5.92 Å². The van der Waals surface area contributed by atoms with Crippen LogP contribution in [0.5, 0.6) is 0 Å². The van der Waals surface area contributed by atoms with Crippen LogP contribution in [-0.4, -0.2) is 61.5 Å². The van der Waals surface area contributed by atoms with Gasteiger partial charge in [-0.1, -0.05) is 142 Å². The molecule has 52 heavy (non-hydrogen) atoms. The van der Waals surface area contributed by atoms with Crippen LogP contribution in [0.1, 0.15) is 169 Å². The first kappa shape index (κ1) is 48.7. The van der Waals surface area contributed by atoms with Gasteiger partial charge in [0.15, 0.2) is 6.29 Å². The van der Waals surface area contributed by atoms with Gasteiger partial charge < -0.3 is 19.9 Å². The zero-order valence-electron chi connectivity index (χ0n) is 33.6. The molecule has 0 aromatic heterocycles. The van der Waals surface area contributed by atoms with Crippen molar-refractivity contribution in [1.29, 1.82) is 0 Å². The number of carbonyl (C=O) groups is 1. The van der Waals surface area contributed by atoms with Crippen molar-refractivity contribution in [1.82, 2.24) is 5.32 Å². The summed E-state index contributed by atoms with van der Waals surface area (Å²) in [5, 5.41) is 14.1. The standard InChI is InChI=1S/C42H78NO8P/c1-7-12-14-16-17-18-19-20-21-22-23-24-25-27-29-31-38(44)43-39-41(47-35-32-36(6)30-28-26-15-13-8-2)40(37(11-5)50-42(39)45)51-52(46,48-33-9-3)49-34-10-4/h9-10,18-19,36-37,39-42,45H,3-4,7-8,11-17,20-35H2,1-2,5-6H3,(H,43,44)/b19-18-/t36-,37-,39-,40?,41-,42?/m1/s1. The topological polar surface area (TPSA) is 113 Å². The van der Waals surface area contributed by atoms with Crippen molar-refractivity contribution in [3.05, 3.63) is 37.5 Å². The summed E-state index contributed by atoms with van der Waals surface area (Å²) >= 11 is 0. The SMILES string of the molecule is C=CCOP(=O)(OCC=C)OC1[C@@H](CC)OC(O)[C@H](NC(=O)CCCCCCCCC/C=C\CCCCCC)[C@H]1OCC[C@H](C)CCCCCCC. The number of aliphatic hydroxyl groups excluding tert-OH is 1. The molecule has 0 saturated carbocycles. The molecule has 304 valence electrons. The number of phosphoric acid groups is 1. The summed E-state index contributed by atoms with van der Waals surface area (Å²) in [6, 6.07) is -0.928. The Hall–Kier alpha value is -1.32.